The van der Waals surface area contributed by atoms with Gasteiger partial charge in [-0.2, -0.15) is 0 Å². The summed E-state index contributed by atoms with van der Waals surface area (Å²) in [6.45, 7) is 2.45. The van der Waals surface area contributed by atoms with E-state index in [9.17, 15) is 8.42 Å². The van der Waals surface area contributed by atoms with Gasteiger partial charge in [0, 0.05) is 31.2 Å². The number of nitrogens with zero attached hydrogens (tertiary/aromatic N) is 4. The molecule has 10 nitrogen and oxygen atoms in total. The van der Waals surface area contributed by atoms with Gasteiger partial charge in [-0.15, -0.1) is 0 Å². The molecule has 0 unspecified atom stereocenters. The van der Waals surface area contributed by atoms with E-state index < -0.39 is 10.0 Å². The number of hydroxylamine groups is 1. The molecule has 196 valence electrons. The molecule has 5 rings (SSSR count). The lowest BCUT2D eigenvalue weighted by Crippen LogP contribution is -2.30. The second-order valence-electron chi connectivity index (χ2n) is 9.25. The Morgan fingerprint density at radius 3 is 2.59 bits per heavy atom. The number of nitrogens with two attached hydrogens (primary N) is 1. The van der Waals surface area contributed by atoms with Crippen LogP contribution < -0.4 is 10.5 Å². The first-order valence-corrected chi connectivity index (χ1v) is 14.0. The van der Waals surface area contributed by atoms with Crippen molar-refractivity contribution in [1.82, 2.24) is 19.0 Å². The van der Waals surface area contributed by atoms with Crippen LogP contribution in [-0.2, 0) is 39.3 Å². The summed E-state index contributed by atoms with van der Waals surface area (Å²) in [5.74, 6) is 1.86. The Morgan fingerprint density at radius 1 is 1.14 bits per heavy atom. The quantitative estimate of drug-likeness (QED) is 0.330. The molecule has 1 saturated heterocycles. The van der Waals surface area contributed by atoms with Crippen molar-refractivity contribution in [1.29, 1.82) is 0 Å². The zero-order chi connectivity index (χ0) is 26.0. The molecule has 0 aliphatic carbocycles. The zero-order valence-corrected chi connectivity index (χ0v) is 21.8. The van der Waals surface area contributed by atoms with E-state index in [2.05, 4.69) is 9.55 Å². The lowest BCUT2D eigenvalue weighted by atomic mass is 10.00. The summed E-state index contributed by atoms with van der Waals surface area (Å²) in [5, 5.41) is 0.866. The van der Waals surface area contributed by atoms with E-state index in [0.29, 0.717) is 54.9 Å². The molecule has 0 amide bonds. The van der Waals surface area contributed by atoms with Gasteiger partial charge in [0.2, 0.25) is 10.0 Å². The molecule has 11 heteroatoms. The van der Waals surface area contributed by atoms with Crippen LogP contribution in [0.3, 0.4) is 0 Å². The van der Waals surface area contributed by atoms with Crippen molar-refractivity contribution in [2.45, 2.75) is 32.5 Å². The minimum absolute atomic E-state index is 0.0492. The number of nitrogen functional groups attached to an aromatic ring is 1. The number of hydrogen-bond donors (Lipinski definition) is 1. The van der Waals surface area contributed by atoms with Gasteiger partial charge in [-0.05, 0) is 36.5 Å². The molecular formula is C26H31N5O5S. The number of aromatic nitrogens is 3. The van der Waals surface area contributed by atoms with Crippen molar-refractivity contribution >= 4 is 37.8 Å². The van der Waals surface area contributed by atoms with Crippen molar-refractivity contribution < 1.29 is 22.7 Å². The van der Waals surface area contributed by atoms with Crippen LogP contribution in [0.15, 0.2) is 48.5 Å². The van der Waals surface area contributed by atoms with Crippen LogP contribution in [0.1, 0.15) is 24.2 Å². The molecule has 0 bridgehead atoms. The number of benzene rings is 2. The van der Waals surface area contributed by atoms with Gasteiger partial charge in [-0.1, -0.05) is 34.8 Å². The van der Waals surface area contributed by atoms with Crippen LogP contribution in [0.2, 0.25) is 0 Å². The Labute approximate surface area is 216 Å². The maximum absolute atomic E-state index is 12.3. The SMILES string of the molecule is CON(Cc1nc2c(N)nc3cc(OCc4ccccc4)ccc3c2n1CC1CCOCC1)S(C)(=O)=O. The average Bonchev–Trinajstić information content (AvgIpc) is 3.25. The highest BCUT2D eigenvalue weighted by Crippen LogP contribution is 2.33. The predicted molar refractivity (Wildman–Crippen MR) is 141 cm³/mol. The first-order chi connectivity index (χ1) is 17.8. The third-order valence-corrected chi connectivity index (χ3v) is 7.65. The summed E-state index contributed by atoms with van der Waals surface area (Å²) in [7, 11) is -2.29. The first kappa shape index (κ1) is 25.4. The number of pyridine rings is 1. The number of anilines is 1. The van der Waals surface area contributed by atoms with E-state index in [4.69, 9.17) is 25.0 Å². The van der Waals surface area contributed by atoms with Gasteiger partial charge in [0.05, 0.1) is 30.9 Å². The van der Waals surface area contributed by atoms with Gasteiger partial charge < -0.3 is 19.8 Å². The highest BCUT2D eigenvalue weighted by Gasteiger charge is 2.25. The molecule has 2 aromatic heterocycles. The minimum Gasteiger partial charge on any atom is -0.489 e. The van der Waals surface area contributed by atoms with Crippen LogP contribution in [-0.4, -0.2) is 54.0 Å². The maximum atomic E-state index is 12.3. The van der Waals surface area contributed by atoms with Crippen LogP contribution in [0.5, 0.6) is 5.75 Å². The Morgan fingerprint density at radius 2 is 1.89 bits per heavy atom. The van der Waals surface area contributed by atoms with E-state index in [1.54, 1.807) is 0 Å². The highest BCUT2D eigenvalue weighted by molar-refractivity contribution is 7.88. The lowest BCUT2D eigenvalue weighted by Gasteiger charge is -2.24. The average molecular weight is 526 g/mol. The van der Waals surface area contributed by atoms with Gasteiger partial charge >= 0.3 is 0 Å². The first-order valence-electron chi connectivity index (χ1n) is 12.2. The Balaban J connectivity index is 1.58. The van der Waals surface area contributed by atoms with Crippen LogP contribution in [0.25, 0.3) is 21.9 Å². The van der Waals surface area contributed by atoms with E-state index in [1.807, 2.05) is 48.5 Å². The number of ether oxygens (including phenoxy) is 2. The predicted octanol–water partition coefficient (Wildman–Crippen LogP) is 3.50. The molecule has 2 aromatic carbocycles. The monoisotopic (exact) mass is 525 g/mol. The van der Waals surface area contributed by atoms with Crippen LogP contribution in [0.4, 0.5) is 5.82 Å². The molecule has 2 N–H and O–H groups in total. The molecule has 0 radical (unpaired) electrons. The normalized spacial score (nSPS) is 15.1. The Kier molecular flexibility index (Phi) is 7.29. The number of rotatable bonds is 9. The van der Waals surface area contributed by atoms with Crippen molar-refractivity contribution in [3.05, 3.63) is 59.9 Å². The molecule has 0 saturated carbocycles. The Hall–Kier alpha value is -3.25. The highest BCUT2D eigenvalue weighted by atomic mass is 32.2. The van der Waals surface area contributed by atoms with E-state index in [1.165, 1.54) is 7.11 Å². The second kappa shape index (κ2) is 10.6. The molecular weight excluding hydrogens is 494 g/mol. The van der Waals surface area contributed by atoms with Crippen molar-refractivity contribution in [3.8, 4) is 5.75 Å². The van der Waals surface area contributed by atoms with Gasteiger partial charge in [0.1, 0.15) is 23.7 Å². The summed E-state index contributed by atoms with van der Waals surface area (Å²) in [4.78, 5) is 14.5. The number of hydrogen-bond acceptors (Lipinski definition) is 8. The molecule has 37 heavy (non-hydrogen) atoms. The summed E-state index contributed by atoms with van der Waals surface area (Å²) in [5.41, 5.74) is 9.50. The molecule has 1 aliphatic heterocycles. The summed E-state index contributed by atoms with van der Waals surface area (Å²) >= 11 is 0. The van der Waals surface area contributed by atoms with Crippen molar-refractivity contribution in [3.63, 3.8) is 0 Å². The maximum Gasteiger partial charge on any atom is 0.233 e. The van der Waals surface area contributed by atoms with E-state index in [0.717, 1.165) is 40.0 Å². The van der Waals surface area contributed by atoms with Crippen molar-refractivity contribution in [2.75, 3.05) is 32.3 Å². The molecule has 0 atom stereocenters. The largest absolute Gasteiger partial charge is 0.489 e. The van der Waals surface area contributed by atoms with Crippen LogP contribution >= 0.6 is 0 Å². The lowest BCUT2D eigenvalue weighted by molar-refractivity contribution is -0.0573. The summed E-state index contributed by atoms with van der Waals surface area (Å²) in [6.07, 6.45) is 2.93. The second-order valence-corrected chi connectivity index (χ2v) is 11.1. The smallest absolute Gasteiger partial charge is 0.233 e. The van der Waals surface area contributed by atoms with Crippen LogP contribution in [0, 0.1) is 5.92 Å². The van der Waals surface area contributed by atoms with Gasteiger partial charge in [0.25, 0.3) is 0 Å². The standard InChI is InChI=1S/C26H31N5O5S/c1-34-31(37(2,32)33)16-23-29-24-25(30(23)15-18-10-12-35-13-11-18)21-9-8-20(14-22(21)28-26(24)27)36-17-19-6-4-3-5-7-19/h3-9,14,18H,10-13,15-17H2,1-2H3,(H2,27,28). The minimum atomic E-state index is -3.61. The molecule has 3 heterocycles. The van der Waals surface area contributed by atoms with E-state index >= 15 is 0 Å². The van der Waals surface area contributed by atoms with E-state index in [-0.39, 0.29) is 12.4 Å². The molecule has 1 aliphatic rings. The topological polar surface area (TPSA) is 122 Å². The molecule has 1 fully saturated rings. The summed E-state index contributed by atoms with van der Waals surface area (Å²) in [6, 6.07) is 15.7. The number of imidazole rings is 1. The van der Waals surface area contributed by atoms with Gasteiger partial charge in [-0.3, -0.25) is 4.84 Å². The molecule has 0 spiro atoms. The summed E-state index contributed by atoms with van der Waals surface area (Å²) < 4.78 is 39.1. The third-order valence-electron chi connectivity index (χ3n) is 6.63. The fourth-order valence-electron chi connectivity index (χ4n) is 4.71. The fourth-order valence-corrected chi connectivity index (χ4v) is 5.33. The number of fused-ring (bicyclic) bond motifs is 3. The zero-order valence-electron chi connectivity index (χ0n) is 21.0. The fraction of sp³-hybridized carbons (Fsp3) is 0.385. The van der Waals surface area contributed by atoms with Gasteiger partial charge in [-0.25, -0.2) is 18.4 Å². The number of sulfonamides is 1. The molecule has 4 aromatic rings. The third kappa shape index (κ3) is 5.54. The van der Waals surface area contributed by atoms with Gasteiger partial charge in [0.15, 0.2) is 5.82 Å². The Bertz CT molecular complexity index is 1500. The van der Waals surface area contributed by atoms with Crippen molar-refractivity contribution in [2.24, 2.45) is 5.92 Å².